The van der Waals surface area contributed by atoms with E-state index >= 15 is 0 Å². The standard InChI is InChI=1S/C8H7F2N3O/c9-7(10)5-3-4(1-2-11)13-8(12)6(5)14/h3,7,14H,1H2,(H2,12,13). The summed E-state index contributed by atoms with van der Waals surface area (Å²) in [5.41, 5.74) is 4.71. The minimum Gasteiger partial charge on any atom is -0.504 e. The molecular formula is C8H7F2N3O. The summed E-state index contributed by atoms with van der Waals surface area (Å²) < 4.78 is 24.6. The van der Waals surface area contributed by atoms with Crippen LogP contribution in [0.3, 0.4) is 0 Å². The van der Waals surface area contributed by atoms with Gasteiger partial charge in [0.2, 0.25) is 0 Å². The van der Waals surface area contributed by atoms with E-state index in [-0.39, 0.29) is 17.9 Å². The maximum Gasteiger partial charge on any atom is 0.267 e. The van der Waals surface area contributed by atoms with E-state index in [1.807, 2.05) is 0 Å². The van der Waals surface area contributed by atoms with Gasteiger partial charge in [-0.05, 0) is 6.07 Å². The molecule has 1 rings (SSSR count). The Morgan fingerprint density at radius 2 is 2.29 bits per heavy atom. The molecule has 0 atom stereocenters. The summed E-state index contributed by atoms with van der Waals surface area (Å²) in [5, 5.41) is 17.4. The van der Waals surface area contributed by atoms with Gasteiger partial charge in [-0.1, -0.05) is 0 Å². The van der Waals surface area contributed by atoms with Crippen molar-refractivity contribution in [3.8, 4) is 11.8 Å². The summed E-state index contributed by atoms with van der Waals surface area (Å²) in [7, 11) is 0. The Hall–Kier alpha value is -1.90. The minimum absolute atomic E-state index is 0.121. The lowest BCUT2D eigenvalue weighted by Crippen LogP contribution is -2.00. The number of nitrogens with two attached hydrogens (primary N) is 1. The summed E-state index contributed by atoms with van der Waals surface area (Å²) >= 11 is 0. The topological polar surface area (TPSA) is 82.9 Å². The fraction of sp³-hybridized carbons (Fsp3) is 0.250. The third-order valence-electron chi connectivity index (χ3n) is 1.60. The Labute approximate surface area is 78.6 Å². The molecule has 0 aliphatic heterocycles. The van der Waals surface area contributed by atoms with Crippen LogP contribution in [0.25, 0.3) is 0 Å². The lowest BCUT2D eigenvalue weighted by molar-refractivity contribution is 0.147. The highest BCUT2D eigenvalue weighted by molar-refractivity contribution is 5.51. The maximum atomic E-state index is 12.3. The summed E-state index contributed by atoms with van der Waals surface area (Å²) in [6, 6.07) is 2.72. The molecule has 74 valence electrons. The van der Waals surface area contributed by atoms with Crippen LogP contribution >= 0.6 is 0 Å². The molecule has 3 N–H and O–H groups in total. The summed E-state index contributed by atoms with van der Waals surface area (Å²) in [5.74, 6) is -1.10. The maximum absolute atomic E-state index is 12.3. The smallest absolute Gasteiger partial charge is 0.267 e. The first-order chi connectivity index (χ1) is 6.56. The van der Waals surface area contributed by atoms with Crippen molar-refractivity contribution in [3.05, 3.63) is 17.3 Å². The number of hydrogen-bond acceptors (Lipinski definition) is 4. The average Bonchev–Trinajstić information content (AvgIpc) is 2.11. The number of nitrogens with zero attached hydrogens (tertiary/aromatic N) is 2. The van der Waals surface area contributed by atoms with Crippen LogP contribution in [0, 0.1) is 11.3 Å². The van der Waals surface area contributed by atoms with Crippen LogP contribution in [-0.4, -0.2) is 10.1 Å². The van der Waals surface area contributed by atoms with E-state index in [9.17, 15) is 8.78 Å². The van der Waals surface area contributed by atoms with Crippen LogP contribution in [-0.2, 0) is 6.42 Å². The van der Waals surface area contributed by atoms with Gasteiger partial charge in [0, 0.05) is 0 Å². The van der Waals surface area contributed by atoms with Crippen LogP contribution in [0.2, 0.25) is 0 Å². The predicted molar refractivity (Wildman–Crippen MR) is 44.6 cm³/mol. The second kappa shape index (κ2) is 3.87. The van der Waals surface area contributed by atoms with Crippen LogP contribution in [0.5, 0.6) is 5.75 Å². The zero-order valence-electron chi connectivity index (χ0n) is 7.04. The Morgan fingerprint density at radius 1 is 1.64 bits per heavy atom. The first-order valence-corrected chi connectivity index (χ1v) is 3.69. The summed E-state index contributed by atoms with van der Waals surface area (Å²) in [6.07, 6.45) is -2.96. The Bertz CT molecular complexity index is 387. The first-order valence-electron chi connectivity index (χ1n) is 3.69. The van der Waals surface area contributed by atoms with E-state index in [0.717, 1.165) is 6.07 Å². The molecule has 1 aromatic heterocycles. The number of rotatable bonds is 2. The van der Waals surface area contributed by atoms with Crippen molar-refractivity contribution < 1.29 is 13.9 Å². The molecule has 0 radical (unpaired) electrons. The first kappa shape index (κ1) is 10.2. The molecule has 0 aliphatic rings. The van der Waals surface area contributed by atoms with Gasteiger partial charge >= 0.3 is 0 Å². The fourth-order valence-corrected chi connectivity index (χ4v) is 0.974. The molecule has 0 aromatic carbocycles. The van der Waals surface area contributed by atoms with Gasteiger partial charge in [0.1, 0.15) is 0 Å². The van der Waals surface area contributed by atoms with E-state index in [4.69, 9.17) is 16.1 Å². The monoisotopic (exact) mass is 199 g/mol. The molecule has 0 bridgehead atoms. The Morgan fingerprint density at radius 3 is 2.79 bits per heavy atom. The van der Waals surface area contributed by atoms with Gasteiger partial charge < -0.3 is 10.8 Å². The van der Waals surface area contributed by atoms with Crippen LogP contribution in [0.15, 0.2) is 6.07 Å². The number of anilines is 1. The van der Waals surface area contributed by atoms with Gasteiger partial charge in [0.25, 0.3) is 6.43 Å². The van der Waals surface area contributed by atoms with Crippen molar-refractivity contribution in [2.75, 3.05) is 5.73 Å². The molecule has 0 spiro atoms. The number of nitriles is 1. The molecule has 0 saturated carbocycles. The summed E-state index contributed by atoms with van der Waals surface area (Å²) in [4.78, 5) is 3.58. The van der Waals surface area contributed by atoms with E-state index in [1.165, 1.54) is 0 Å². The SMILES string of the molecule is N#CCc1cc(C(F)F)c(O)c(N)n1. The van der Waals surface area contributed by atoms with Crippen molar-refractivity contribution in [2.45, 2.75) is 12.8 Å². The lowest BCUT2D eigenvalue weighted by Gasteiger charge is -2.06. The van der Waals surface area contributed by atoms with E-state index in [2.05, 4.69) is 4.98 Å². The average molecular weight is 199 g/mol. The van der Waals surface area contributed by atoms with Crippen LogP contribution < -0.4 is 5.73 Å². The quantitative estimate of drug-likeness (QED) is 0.753. The van der Waals surface area contributed by atoms with Gasteiger partial charge in [-0.15, -0.1) is 0 Å². The van der Waals surface area contributed by atoms with Crippen molar-refractivity contribution in [3.63, 3.8) is 0 Å². The molecule has 0 fully saturated rings. The number of nitrogen functional groups attached to an aromatic ring is 1. The highest BCUT2D eigenvalue weighted by atomic mass is 19.3. The molecule has 0 saturated heterocycles. The molecule has 0 aliphatic carbocycles. The van der Waals surface area contributed by atoms with Gasteiger partial charge in [-0.25, -0.2) is 13.8 Å². The Balaban J connectivity index is 3.22. The lowest BCUT2D eigenvalue weighted by atomic mass is 10.2. The predicted octanol–water partition coefficient (Wildman–Crippen LogP) is 1.37. The van der Waals surface area contributed by atoms with E-state index < -0.39 is 17.7 Å². The van der Waals surface area contributed by atoms with Gasteiger partial charge in [0.15, 0.2) is 11.6 Å². The molecule has 14 heavy (non-hydrogen) atoms. The number of aromatic nitrogens is 1. The third kappa shape index (κ3) is 1.88. The van der Waals surface area contributed by atoms with E-state index in [0.29, 0.717) is 0 Å². The van der Waals surface area contributed by atoms with Crippen LogP contribution in [0.4, 0.5) is 14.6 Å². The number of hydrogen-bond donors (Lipinski definition) is 2. The Kier molecular flexibility index (Phi) is 2.82. The second-order valence-corrected chi connectivity index (χ2v) is 2.57. The van der Waals surface area contributed by atoms with Gasteiger partial charge in [-0.2, -0.15) is 5.26 Å². The molecule has 1 aromatic rings. The van der Waals surface area contributed by atoms with Crippen molar-refractivity contribution in [1.82, 2.24) is 4.98 Å². The number of alkyl halides is 2. The third-order valence-corrected chi connectivity index (χ3v) is 1.60. The van der Waals surface area contributed by atoms with Crippen molar-refractivity contribution in [1.29, 1.82) is 5.26 Å². The van der Waals surface area contributed by atoms with Crippen molar-refractivity contribution >= 4 is 5.82 Å². The van der Waals surface area contributed by atoms with Gasteiger partial charge in [-0.3, -0.25) is 0 Å². The van der Waals surface area contributed by atoms with Crippen molar-refractivity contribution in [2.24, 2.45) is 0 Å². The minimum atomic E-state index is -2.84. The largest absolute Gasteiger partial charge is 0.504 e. The molecule has 6 heteroatoms. The molecular weight excluding hydrogens is 192 g/mol. The van der Waals surface area contributed by atoms with Gasteiger partial charge in [0.05, 0.1) is 23.7 Å². The van der Waals surface area contributed by atoms with Crippen LogP contribution in [0.1, 0.15) is 17.7 Å². The fourth-order valence-electron chi connectivity index (χ4n) is 0.974. The number of pyridine rings is 1. The number of halogens is 2. The molecule has 0 amide bonds. The zero-order chi connectivity index (χ0) is 10.7. The van der Waals surface area contributed by atoms with E-state index in [1.54, 1.807) is 6.07 Å². The molecule has 1 heterocycles. The zero-order valence-corrected chi connectivity index (χ0v) is 7.04. The highest BCUT2D eigenvalue weighted by Crippen LogP contribution is 2.32. The molecule has 0 unspecified atom stereocenters. The number of aromatic hydroxyl groups is 1. The molecule has 4 nitrogen and oxygen atoms in total. The summed E-state index contributed by atoms with van der Waals surface area (Å²) in [6.45, 7) is 0. The normalized spacial score (nSPS) is 10.1. The second-order valence-electron chi connectivity index (χ2n) is 2.57. The highest BCUT2D eigenvalue weighted by Gasteiger charge is 2.17.